The van der Waals surface area contributed by atoms with Gasteiger partial charge in [0, 0.05) is 18.4 Å². The maximum atomic E-state index is 12.4. The lowest BCUT2D eigenvalue weighted by molar-refractivity contribution is -0.116. The highest BCUT2D eigenvalue weighted by Gasteiger charge is 2.34. The van der Waals surface area contributed by atoms with Crippen LogP contribution in [-0.4, -0.2) is 22.1 Å². The topological polar surface area (TPSA) is 49.7 Å². The number of rotatable bonds is 1. The van der Waals surface area contributed by atoms with Crippen molar-refractivity contribution in [3.8, 4) is 0 Å². The molecule has 0 radical (unpaired) electrons. The molecule has 0 saturated heterocycles. The molecule has 3 rings (SSSR count). The minimum Gasteiger partial charge on any atom is -0.511 e. The van der Waals surface area contributed by atoms with Crippen LogP contribution < -0.4 is 0 Å². The van der Waals surface area contributed by atoms with E-state index < -0.39 is 0 Å². The van der Waals surface area contributed by atoms with E-state index in [1.54, 1.807) is 0 Å². The van der Waals surface area contributed by atoms with Gasteiger partial charge in [-0.25, -0.2) is 0 Å². The summed E-state index contributed by atoms with van der Waals surface area (Å²) >= 11 is 0. The first-order chi connectivity index (χ1) is 9.87. The Kier molecular flexibility index (Phi) is 3.23. The average Bonchev–Trinajstić information content (AvgIpc) is 2.36. The third-order valence-electron chi connectivity index (χ3n) is 4.19. The van der Waals surface area contributed by atoms with Crippen molar-refractivity contribution in [2.75, 3.05) is 0 Å². The Morgan fingerprint density at radius 2 is 1.95 bits per heavy atom. The predicted octanol–water partition coefficient (Wildman–Crippen LogP) is 3.62. The third kappa shape index (κ3) is 2.53. The summed E-state index contributed by atoms with van der Waals surface area (Å²) in [5, 5.41) is 10.3. The third-order valence-corrected chi connectivity index (χ3v) is 4.19. The fourth-order valence-corrected chi connectivity index (χ4v) is 3.32. The second kappa shape index (κ2) is 4.83. The van der Waals surface area contributed by atoms with Crippen molar-refractivity contribution >= 4 is 11.5 Å². The van der Waals surface area contributed by atoms with Gasteiger partial charge in [-0.15, -0.1) is 0 Å². The lowest BCUT2D eigenvalue weighted by Gasteiger charge is -2.31. The number of benzene rings is 1. The van der Waals surface area contributed by atoms with Crippen molar-refractivity contribution in [1.82, 2.24) is 0 Å². The molecule has 1 aliphatic heterocycles. The van der Waals surface area contributed by atoms with Gasteiger partial charge in [0.2, 0.25) is 0 Å². The van der Waals surface area contributed by atoms with Crippen LogP contribution in [0.2, 0.25) is 0 Å². The highest BCUT2D eigenvalue weighted by molar-refractivity contribution is 6.30. The Hall–Kier alpha value is -1.90. The smallest absolute Gasteiger partial charge is 0.168 e. The number of hydrogen-bond acceptors (Lipinski definition) is 3. The standard InChI is InChI=1S/C18H21NO2/c1-11-8-14(20)16(15(21)9-11)17-13-7-5-4-6-12(13)10-18(2,3)19-17/h4-7,11,20H,8-10H2,1-3H3/t11-/m1/s1. The first kappa shape index (κ1) is 14.1. The summed E-state index contributed by atoms with van der Waals surface area (Å²) in [6.45, 7) is 6.12. The monoisotopic (exact) mass is 283 g/mol. The van der Waals surface area contributed by atoms with Gasteiger partial charge in [0.1, 0.15) is 5.76 Å². The van der Waals surface area contributed by atoms with Crippen LogP contribution in [-0.2, 0) is 11.2 Å². The van der Waals surface area contributed by atoms with Crippen molar-refractivity contribution < 1.29 is 9.90 Å². The molecular weight excluding hydrogens is 262 g/mol. The molecule has 1 aromatic carbocycles. The zero-order valence-corrected chi connectivity index (χ0v) is 12.8. The van der Waals surface area contributed by atoms with Crippen LogP contribution in [0.4, 0.5) is 0 Å². The maximum absolute atomic E-state index is 12.4. The van der Waals surface area contributed by atoms with E-state index in [1.807, 2.05) is 25.1 Å². The van der Waals surface area contributed by atoms with Crippen molar-refractivity contribution in [3.05, 3.63) is 46.7 Å². The zero-order valence-electron chi connectivity index (χ0n) is 12.8. The van der Waals surface area contributed by atoms with E-state index in [0.29, 0.717) is 24.1 Å². The Labute approximate surface area is 125 Å². The highest BCUT2D eigenvalue weighted by atomic mass is 16.3. The molecule has 1 atom stereocenters. The number of ketones is 1. The minimum atomic E-state index is -0.250. The number of nitrogens with zero attached hydrogens (tertiary/aromatic N) is 1. The highest BCUT2D eigenvalue weighted by Crippen LogP contribution is 2.34. The van der Waals surface area contributed by atoms with E-state index in [-0.39, 0.29) is 23.0 Å². The van der Waals surface area contributed by atoms with Gasteiger partial charge in [-0.3, -0.25) is 9.79 Å². The number of aliphatic imine (C=N–C) groups is 1. The summed E-state index contributed by atoms with van der Waals surface area (Å²) in [5.74, 6) is 0.413. The molecule has 0 aromatic heterocycles. The van der Waals surface area contributed by atoms with E-state index in [9.17, 15) is 9.90 Å². The molecule has 1 N–H and O–H groups in total. The van der Waals surface area contributed by atoms with Gasteiger partial charge in [-0.05, 0) is 31.7 Å². The van der Waals surface area contributed by atoms with Gasteiger partial charge < -0.3 is 5.11 Å². The fourth-order valence-electron chi connectivity index (χ4n) is 3.32. The van der Waals surface area contributed by atoms with E-state index in [2.05, 4.69) is 19.9 Å². The van der Waals surface area contributed by atoms with Crippen molar-refractivity contribution in [3.63, 3.8) is 0 Å². The maximum Gasteiger partial charge on any atom is 0.168 e. The summed E-state index contributed by atoms with van der Waals surface area (Å²) < 4.78 is 0. The Balaban J connectivity index is 2.18. The number of carbonyl (C=O) groups is 1. The van der Waals surface area contributed by atoms with Crippen LogP contribution in [0.25, 0.3) is 0 Å². The molecule has 1 aromatic rings. The summed E-state index contributed by atoms with van der Waals surface area (Å²) in [7, 11) is 0. The summed E-state index contributed by atoms with van der Waals surface area (Å²) in [4.78, 5) is 17.2. The molecule has 1 heterocycles. The second-order valence-corrected chi connectivity index (χ2v) is 6.87. The molecule has 21 heavy (non-hydrogen) atoms. The van der Waals surface area contributed by atoms with E-state index >= 15 is 0 Å². The molecule has 0 amide bonds. The molecule has 0 fully saturated rings. The quantitative estimate of drug-likeness (QED) is 0.855. The Bertz CT molecular complexity index is 668. The summed E-state index contributed by atoms with van der Waals surface area (Å²) in [6.07, 6.45) is 1.90. The van der Waals surface area contributed by atoms with Crippen molar-refractivity contribution in [2.24, 2.45) is 10.9 Å². The van der Waals surface area contributed by atoms with E-state index in [4.69, 9.17) is 4.99 Å². The summed E-state index contributed by atoms with van der Waals surface area (Å²) in [5.41, 5.74) is 3.05. The predicted molar refractivity (Wildman–Crippen MR) is 83.8 cm³/mol. The molecule has 0 saturated carbocycles. The number of fused-ring (bicyclic) bond motifs is 1. The molecule has 0 spiro atoms. The van der Waals surface area contributed by atoms with Gasteiger partial charge in [-0.2, -0.15) is 0 Å². The molecular formula is C18H21NO2. The number of allylic oxidation sites excluding steroid dienone is 2. The SMILES string of the molecule is C[C@H]1CC(=O)C(C2=NC(C)(C)Cc3ccccc32)=C(O)C1. The molecule has 0 unspecified atom stereocenters. The van der Waals surface area contributed by atoms with E-state index in [0.717, 1.165) is 12.0 Å². The first-order valence-electron chi connectivity index (χ1n) is 7.51. The molecule has 1 aliphatic carbocycles. The Morgan fingerprint density at radius 3 is 2.67 bits per heavy atom. The lowest BCUT2D eigenvalue weighted by Crippen LogP contribution is -2.33. The van der Waals surface area contributed by atoms with Gasteiger partial charge >= 0.3 is 0 Å². The molecule has 110 valence electrons. The zero-order chi connectivity index (χ0) is 15.2. The van der Waals surface area contributed by atoms with Crippen LogP contribution >= 0.6 is 0 Å². The average molecular weight is 283 g/mol. The number of hydrogen-bond donors (Lipinski definition) is 1. The number of Topliss-reactive ketones (excluding diaryl/α,β-unsaturated/α-hetero) is 1. The molecule has 0 bridgehead atoms. The number of aliphatic hydroxyl groups excluding tert-OH is 1. The van der Waals surface area contributed by atoms with E-state index in [1.165, 1.54) is 5.56 Å². The minimum absolute atomic E-state index is 0.0116. The van der Waals surface area contributed by atoms with Crippen molar-refractivity contribution in [1.29, 1.82) is 0 Å². The second-order valence-electron chi connectivity index (χ2n) is 6.87. The largest absolute Gasteiger partial charge is 0.511 e. The van der Waals surface area contributed by atoms with Crippen LogP contribution in [0, 0.1) is 5.92 Å². The van der Waals surface area contributed by atoms with Gasteiger partial charge in [0.25, 0.3) is 0 Å². The Morgan fingerprint density at radius 1 is 1.24 bits per heavy atom. The first-order valence-corrected chi connectivity index (χ1v) is 7.51. The number of aliphatic hydroxyl groups is 1. The van der Waals surface area contributed by atoms with Crippen LogP contribution in [0.5, 0.6) is 0 Å². The fraction of sp³-hybridized carbons (Fsp3) is 0.444. The van der Waals surface area contributed by atoms with Gasteiger partial charge in [-0.1, -0.05) is 31.2 Å². The van der Waals surface area contributed by atoms with Crippen molar-refractivity contribution in [2.45, 2.75) is 45.6 Å². The normalized spacial score (nSPS) is 24.6. The molecule has 2 aliphatic rings. The van der Waals surface area contributed by atoms with Gasteiger partial charge in [0.15, 0.2) is 5.78 Å². The number of carbonyl (C=O) groups excluding carboxylic acids is 1. The lowest BCUT2D eigenvalue weighted by atomic mass is 9.80. The molecule has 3 heteroatoms. The van der Waals surface area contributed by atoms with Gasteiger partial charge in [0.05, 0.1) is 16.8 Å². The summed E-state index contributed by atoms with van der Waals surface area (Å²) in [6, 6.07) is 8.05. The van der Waals surface area contributed by atoms with Crippen LogP contribution in [0.1, 0.15) is 44.7 Å². The molecule has 3 nitrogen and oxygen atoms in total. The van der Waals surface area contributed by atoms with Crippen LogP contribution in [0.3, 0.4) is 0 Å². The van der Waals surface area contributed by atoms with Crippen LogP contribution in [0.15, 0.2) is 40.6 Å².